The summed E-state index contributed by atoms with van der Waals surface area (Å²) in [4.78, 5) is 0. The molecule has 0 unspecified atom stereocenters. The molecule has 4 heteroatoms. The van der Waals surface area contributed by atoms with Crippen LogP contribution in [0.5, 0.6) is 0 Å². The summed E-state index contributed by atoms with van der Waals surface area (Å²) in [6.45, 7) is 4.30. The molecule has 1 N–H and O–H groups in total. The zero-order valence-corrected chi connectivity index (χ0v) is 28.8. The van der Waals surface area contributed by atoms with E-state index in [4.69, 9.17) is 5.41 Å². The topological polar surface area (TPSA) is 57.5 Å². The largest absolute Gasteiger partial charge is 0.308 e. The van der Waals surface area contributed by atoms with E-state index in [1.54, 1.807) is 0 Å². The van der Waals surface area contributed by atoms with Crippen LogP contribution in [-0.2, 0) is 6.42 Å². The van der Waals surface area contributed by atoms with Crippen molar-refractivity contribution in [3.63, 3.8) is 0 Å². The van der Waals surface area contributed by atoms with E-state index in [-0.39, 0.29) is 0 Å². The number of fused-ring (bicyclic) bond motifs is 12. The van der Waals surface area contributed by atoms with Gasteiger partial charge in [0, 0.05) is 27.9 Å². The highest BCUT2D eigenvalue weighted by Crippen LogP contribution is 2.44. The lowest BCUT2D eigenvalue weighted by atomic mass is 10.00. The number of hydrogen-bond acceptors (Lipinski definition) is 2. The maximum atomic E-state index is 11.1. The number of benzene rings is 7. The van der Waals surface area contributed by atoms with Crippen molar-refractivity contribution in [2.24, 2.45) is 0 Å². The minimum atomic E-state index is 0.446. The fourth-order valence-corrected chi connectivity index (χ4v) is 8.51. The molecule has 0 fully saturated rings. The summed E-state index contributed by atoms with van der Waals surface area (Å²) in [7, 11) is 0. The van der Waals surface area contributed by atoms with Gasteiger partial charge in [-0.2, -0.15) is 5.26 Å². The van der Waals surface area contributed by atoms with Crippen molar-refractivity contribution in [3.05, 3.63) is 186 Å². The molecule has 0 radical (unpaired) electrons. The molecule has 2 heterocycles. The Morgan fingerprint density at radius 1 is 0.604 bits per heavy atom. The van der Waals surface area contributed by atoms with Gasteiger partial charge in [-0.15, -0.1) is 0 Å². The van der Waals surface area contributed by atoms with Gasteiger partial charge in [0.1, 0.15) is 6.07 Å². The molecule has 2 aromatic heterocycles. The molecule has 0 spiro atoms. The molecule has 0 bridgehead atoms. The van der Waals surface area contributed by atoms with E-state index in [0.717, 1.165) is 55.4 Å². The fraction of sp³-hybridized carbons (Fsp3) is 0.0204. The summed E-state index contributed by atoms with van der Waals surface area (Å²) in [6.07, 6.45) is 14.5. The molecule has 0 saturated heterocycles. The number of nitrogens with zero attached hydrogens (tertiary/aromatic N) is 3. The van der Waals surface area contributed by atoms with Crippen molar-refractivity contribution < 1.29 is 0 Å². The Morgan fingerprint density at radius 3 is 1.75 bits per heavy atom. The van der Waals surface area contributed by atoms with Crippen molar-refractivity contribution in [2.45, 2.75) is 6.42 Å². The van der Waals surface area contributed by atoms with Crippen molar-refractivity contribution in [1.82, 2.24) is 9.13 Å². The lowest BCUT2D eigenvalue weighted by Gasteiger charge is -2.20. The van der Waals surface area contributed by atoms with Gasteiger partial charge in [-0.25, -0.2) is 0 Å². The maximum Gasteiger partial charge on any atom is 0.102 e. The van der Waals surface area contributed by atoms with Gasteiger partial charge < -0.3 is 14.5 Å². The van der Waals surface area contributed by atoms with Crippen molar-refractivity contribution >= 4 is 77.3 Å². The van der Waals surface area contributed by atoms with Crippen LogP contribution in [0.15, 0.2) is 164 Å². The maximum absolute atomic E-state index is 11.1. The van der Waals surface area contributed by atoms with Gasteiger partial charge >= 0.3 is 0 Å². The molecule has 53 heavy (non-hydrogen) atoms. The second-order valence-electron chi connectivity index (χ2n) is 13.6. The monoisotopic (exact) mass is 676 g/mol. The van der Waals surface area contributed by atoms with Gasteiger partial charge in [-0.05, 0) is 86.3 Å². The fourth-order valence-electron chi connectivity index (χ4n) is 8.51. The molecule has 1 aliphatic carbocycles. The van der Waals surface area contributed by atoms with Gasteiger partial charge in [-0.3, -0.25) is 0 Å². The number of hydrogen-bond donors (Lipinski definition) is 1. The summed E-state index contributed by atoms with van der Waals surface area (Å²) in [5, 5.41) is 30.1. The van der Waals surface area contributed by atoms with Crippen LogP contribution in [0.4, 0.5) is 0 Å². The van der Waals surface area contributed by atoms with Crippen LogP contribution < -0.4 is 0 Å². The van der Waals surface area contributed by atoms with Crippen LogP contribution in [0.1, 0.15) is 22.4 Å². The minimum absolute atomic E-state index is 0.446. The van der Waals surface area contributed by atoms with Gasteiger partial charge in [0.05, 0.1) is 39.2 Å². The molecular formula is C49H32N4. The van der Waals surface area contributed by atoms with E-state index < -0.39 is 0 Å². The number of aromatic nitrogens is 2. The summed E-state index contributed by atoms with van der Waals surface area (Å²) in [5.41, 5.74) is 8.75. The van der Waals surface area contributed by atoms with E-state index >= 15 is 0 Å². The molecule has 248 valence electrons. The third-order valence-electron chi connectivity index (χ3n) is 10.8. The smallest absolute Gasteiger partial charge is 0.102 e. The Kier molecular flexibility index (Phi) is 6.89. The predicted molar refractivity (Wildman–Crippen MR) is 223 cm³/mol. The first-order chi connectivity index (χ1) is 26.2. The third kappa shape index (κ3) is 4.51. The Balaban J connectivity index is 1.44. The average molecular weight is 677 g/mol. The number of nitrogens with one attached hydrogen (secondary N) is 1. The van der Waals surface area contributed by atoms with E-state index in [1.807, 2.05) is 18.2 Å². The first-order valence-electron chi connectivity index (χ1n) is 17.8. The van der Waals surface area contributed by atoms with Crippen LogP contribution in [0.2, 0.25) is 0 Å². The van der Waals surface area contributed by atoms with E-state index in [0.29, 0.717) is 17.5 Å². The summed E-state index contributed by atoms with van der Waals surface area (Å²) in [5.74, 6) is 0. The first kappa shape index (κ1) is 30.6. The highest BCUT2D eigenvalue weighted by Gasteiger charge is 2.26. The Morgan fingerprint density at radius 2 is 1.17 bits per heavy atom. The molecule has 0 saturated carbocycles. The molecule has 1 aliphatic rings. The second-order valence-corrected chi connectivity index (χ2v) is 13.6. The normalized spacial score (nSPS) is 14.3. The average Bonchev–Trinajstić information content (AvgIpc) is 3.72. The highest BCUT2D eigenvalue weighted by atomic mass is 15.1. The lowest BCUT2D eigenvalue weighted by molar-refractivity contribution is 1.04. The van der Waals surface area contributed by atoms with Crippen LogP contribution in [0.3, 0.4) is 0 Å². The summed E-state index contributed by atoms with van der Waals surface area (Å²) in [6, 6.07) is 45.4. The van der Waals surface area contributed by atoms with E-state index in [1.165, 1.54) is 44.1 Å². The standard InChI is InChI=1S/C49H32N4/c1-31-11-3-2-4-18-39-41(24-19-31)53(42-25-20-32-12-5-8-15-36(32)46(39)42)49-40(30-51)35(29-50)23-28-45(49)52-43-26-21-33-13-6-9-16-37(33)47(43)48-38-17-10-7-14-34(38)22-27-44(48)52/h2-17,19-29,50H,1,18H2/b4-2-,11-3-,24-19?,50-29?. The molecule has 0 atom stereocenters. The van der Waals surface area contributed by atoms with E-state index in [9.17, 15) is 5.26 Å². The Labute approximate surface area is 306 Å². The number of nitriles is 1. The molecule has 9 aromatic rings. The second kappa shape index (κ2) is 11.9. The van der Waals surface area contributed by atoms with Crippen LogP contribution in [0, 0.1) is 16.7 Å². The Bertz CT molecular complexity index is 3100. The molecular weight excluding hydrogens is 645 g/mol. The van der Waals surface area contributed by atoms with Gasteiger partial charge in [0.2, 0.25) is 0 Å². The summed E-state index contributed by atoms with van der Waals surface area (Å²) >= 11 is 0. The number of allylic oxidation sites excluding steroid dienone is 6. The SMILES string of the molecule is C=C1C=Cc2c(c3c4ccccc4ccc3n2-c2c(-n3c4ccc5ccccc5c4c4c5ccccc5ccc43)ccc(C=N)c2C#N)C/C=C\C=C/1. The lowest BCUT2D eigenvalue weighted by Crippen LogP contribution is -2.09. The third-order valence-corrected chi connectivity index (χ3v) is 10.8. The van der Waals surface area contributed by atoms with Crippen molar-refractivity contribution in [2.75, 3.05) is 0 Å². The summed E-state index contributed by atoms with van der Waals surface area (Å²) < 4.78 is 4.60. The van der Waals surface area contributed by atoms with Gasteiger partial charge in [0.15, 0.2) is 0 Å². The minimum Gasteiger partial charge on any atom is -0.308 e. The molecule has 0 aliphatic heterocycles. The predicted octanol–water partition coefficient (Wildman–Crippen LogP) is 12.3. The van der Waals surface area contributed by atoms with Gasteiger partial charge in [0.25, 0.3) is 0 Å². The van der Waals surface area contributed by atoms with Crippen LogP contribution in [0.25, 0.3) is 82.5 Å². The molecule has 0 amide bonds. The highest BCUT2D eigenvalue weighted by molar-refractivity contribution is 6.28. The zero-order chi connectivity index (χ0) is 35.6. The molecule has 4 nitrogen and oxygen atoms in total. The number of rotatable bonds is 3. The first-order valence-corrected chi connectivity index (χ1v) is 17.8. The molecule has 7 aromatic carbocycles. The van der Waals surface area contributed by atoms with Crippen molar-refractivity contribution in [3.8, 4) is 17.4 Å². The quantitative estimate of drug-likeness (QED) is 0.186. The van der Waals surface area contributed by atoms with Gasteiger partial charge in [-0.1, -0.05) is 128 Å². The van der Waals surface area contributed by atoms with Crippen LogP contribution >= 0.6 is 0 Å². The Hall–Kier alpha value is -7.22. The molecule has 10 rings (SSSR count). The van der Waals surface area contributed by atoms with Crippen LogP contribution in [-0.4, -0.2) is 15.3 Å². The zero-order valence-electron chi connectivity index (χ0n) is 28.8. The van der Waals surface area contributed by atoms with E-state index in [2.05, 4.69) is 161 Å². The van der Waals surface area contributed by atoms with Crippen molar-refractivity contribution in [1.29, 1.82) is 10.7 Å².